The van der Waals surface area contributed by atoms with Crippen molar-refractivity contribution < 1.29 is 14.3 Å². The number of carbonyl (C=O) groups excluding carboxylic acids is 2. The number of nitrogens with zero attached hydrogens (tertiary/aromatic N) is 4. The van der Waals surface area contributed by atoms with Crippen molar-refractivity contribution in [1.82, 2.24) is 24.9 Å². The molecule has 1 aliphatic carbocycles. The molecular weight excluding hydrogens is 334 g/mol. The molecule has 140 valence electrons. The lowest BCUT2D eigenvalue weighted by Gasteiger charge is -2.26. The van der Waals surface area contributed by atoms with Crippen molar-refractivity contribution in [2.45, 2.75) is 58.9 Å². The first-order valence-corrected chi connectivity index (χ1v) is 9.05. The fourth-order valence-corrected chi connectivity index (χ4v) is 3.43. The highest BCUT2D eigenvalue weighted by Crippen LogP contribution is 2.23. The molecule has 1 fully saturated rings. The van der Waals surface area contributed by atoms with E-state index in [4.69, 9.17) is 4.74 Å². The van der Waals surface area contributed by atoms with E-state index >= 15 is 0 Å². The Balaban J connectivity index is 1.52. The van der Waals surface area contributed by atoms with E-state index in [-0.39, 0.29) is 25.0 Å². The zero-order valence-corrected chi connectivity index (χ0v) is 15.5. The Morgan fingerprint density at radius 1 is 1.27 bits per heavy atom. The maximum absolute atomic E-state index is 12.2. The molecule has 0 unspecified atom stereocenters. The largest absolute Gasteiger partial charge is 0.455 e. The van der Waals surface area contributed by atoms with E-state index < -0.39 is 5.97 Å². The molecule has 26 heavy (non-hydrogen) atoms. The first kappa shape index (κ1) is 18.3. The minimum absolute atomic E-state index is 0.0503. The SMILES string of the molecule is Cc1nc2ncnn2c(C)c1CC(=O)OCC(=O)NC1CCC(C)CC1. The average molecular weight is 359 g/mol. The number of hydrogen-bond donors (Lipinski definition) is 1. The van der Waals surface area contributed by atoms with Crippen molar-refractivity contribution in [3.05, 3.63) is 23.3 Å². The third-order valence-corrected chi connectivity index (χ3v) is 5.05. The molecular formula is C18H25N5O3. The second-order valence-corrected chi connectivity index (χ2v) is 7.09. The van der Waals surface area contributed by atoms with Crippen LogP contribution in [0, 0.1) is 19.8 Å². The number of rotatable bonds is 5. The number of aryl methyl sites for hydroxylation is 2. The number of hydrogen-bond acceptors (Lipinski definition) is 6. The van der Waals surface area contributed by atoms with Gasteiger partial charge < -0.3 is 10.1 Å². The summed E-state index contributed by atoms with van der Waals surface area (Å²) >= 11 is 0. The molecule has 2 aromatic heterocycles. The molecule has 0 atom stereocenters. The second kappa shape index (κ2) is 7.80. The van der Waals surface area contributed by atoms with Crippen LogP contribution in [0.1, 0.15) is 49.6 Å². The molecule has 1 amide bonds. The zero-order chi connectivity index (χ0) is 18.7. The molecule has 0 aliphatic heterocycles. The summed E-state index contributed by atoms with van der Waals surface area (Å²) in [5, 5.41) is 7.05. The Hall–Kier alpha value is -2.51. The second-order valence-electron chi connectivity index (χ2n) is 7.09. The molecule has 2 heterocycles. The topological polar surface area (TPSA) is 98.5 Å². The minimum atomic E-state index is -0.454. The lowest BCUT2D eigenvalue weighted by atomic mass is 9.87. The van der Waals surface area contributed by atoms with Gasteiger partial charge >= 0.3 is 5.97 Å². The fourth-order valence-electron chi connectivity index (χ4n) is 3.43. The molecule has 0 saturated heterocycles. The van der Waals surface area contributed by atoms with Crippen LogP contribution in [-0.4, -0.2) is 44.1 Å². The van der Waals surface area contributed by atoms with Crippen molar-refractivity contribution in [2.24, 2.45) is 5.92 Å². The van der Waals surface area contributed by atoms with Crippen molar-refractivity contribution in [3.8, 4) is 0 Å². The molecule has 8 heteroatoms. The molecule has 0 spiro atoms. The lowest BCUT2D eigenvalue weighted by molar-refractivity contribution is -0.148. The highest BCUT2D eigenvalue weighted by Gasteiger charge is 2.21. The fraction of sp³-hybridized carbons (Fsp3) is 0.611. The summed E-state index contributed by atoms with van der Waals surface area (Å²) in [6, 6.07) is 0.195. The van der Waals surface area contributed by atoms with Crippen LogP contribution in [-0.2, 0) is 20.7 Å². The predicted molar refractivity (Wildman–Crippen MR) is 94.5 cm³/mol. The molecule has 1 saturated carbocycles. The zero-order valence-electron chi connectivity index (χ0n) is 15.5. The van der Waals surface area contributed by atoms with Crippen molar-refractivity contribution >= 4 is 17.7 Å². The molecule has 2 aromatic rings. The van der Waals surface area contributed by atoms with E-state index in [0.29, 0.717) is 11.5 Å². The van der Waals surface area contributed by atoms with Gasteiger partial charge in [-0.1, -0.05) is 6.92 Å². The van der Waals surface area contributed by atoms with Gasteiger partial charge in [0.25, 0.3) is 11.7 Å². The molecule has 8 nitrogen and oxygen atoms in total. The van der Waals surface area contributed by atoms with Gasteiger partial charge in [0.15, 0.2) is 6.61 Å². The van der Waals surface area contributed by atoms with Gasteiger partial charge in [-0.2, -0.15) is 10.1 Å². The van der Waals surface area contributed by atoms with Crippen LogP contribution in [0.5, 0.6) is 0 Å². The summed E-state index contributed by atoms with van der Waals surface area (Å²) in [6.07, 6.45) is 5.70. The van der Waals surface area contributed by atoms with E-state index in [0.717, 1.165) is 42.9 Å². The van der Waals surface area contributed by atoms with Gasteiger partial charge in [0, 0.05) is 23.0 Å². The van der Waals surface area contributed by atoms with E-state index in [9.17, 15) is 9.59 Å². The van der Waals surface area contributed by atoms with Crippen LogP contribution in [0.2, 0.25) is 0 Å². The van der Waals surface area contributed by atoms with Gasteiger partial charge in [-0.15, -0.1) is 0 Å². The Bertz CT molecular complexity index is 809. The van der Waals surface area contributed by atoms with Crippen LogP contribution in [0.25, 0.3) is 5.78 Å². The Kier molecular flexibility index (Phi) is 5.49. The van der Waals surface area contributed by atoms with Crippen LogP contribution in [0.3, 0.4) is 0 Å². The van der Waals surface area contributed by atoms with E-state index in [1.165, 1.54) is 6.33 Å². The summed E-state index contributed by atoms with van der Waals surface area (Å²) in [6.45, 7) is 5.66. The van der Waals surface area contributed by atoms with Crippen molar-refractivity contribution in [1.29, 1.82) is 0 Å². The Morgan fingerprint density at radius 2 is 2.00 bits per heavy atom. The molecule has 0 aromatic carbocycles. The van der Waals surface area contributed by atoms with Gasteiger partial charge in [-0.3, -0.25) is 9.59 Å². The summed E-state index contributed by atoms with van der Waals surface area (Å²) in [5.41, 5.74) is 2.25. The summed E-state index contributed by atoms with van der Waals surface area (Å²) < 4.78 is 6.74. The maximum atomic E-state index is 12.2. The summed E-state index contributed by atoms with van der Waals surface area (Å²) in [5.74, 6) is 0.530. The quantitative estimate of drug-likeness (QED) is 0.813. The van der Waals surface area contributed by atoms with Crippen LogP contribution in [0.15, 0.2) is 6.33 Å². The highest BCUT2D eigenvalue weighted by atomic mass is 16.5. The van der Waals surface area contributed by atoms with Crippen molar-refractivity contribution in [2.75, 3.05) is 6.61 Å². The summed E-state index contributed by atoms with van der Waals surface area (Å²) in [4.78, 5) is 32.5. The third kappa shape index (κ3) is 4.17. The van der Waals surface area contributed by atoms with Crippen molar-refractivity contribution in [3.63, 3.8) is 0 Å². The Morgan fingerprint density at radius 3 is 2.73 bits per heavy atom. The predicted octanol–water partition coefficient (Wildman–Crippen LogP) is 1.52. The van der Waals surface area contributed by atoms with Crippen LogP contribution in [0.4, 0.5) is 0 Å². The standard InChI is InChI=1S/C18H25N5O3/c1-11-4-6-14(7-5-11)22-16(24)9-26-17(25)8-15-12(2)21-18-19-10-20-23(18)13(15)3/h10-11,14H,4-9H2,1-3H3,(H,22,24). The lowest BCUT2D eigenvalue weighted by Crippen LogP contribution is -2.39. The van der Waals surface area contributed by atoms with Gasteiger partial charge in [0.05, 0.1) is 6.42 Å². The highest BCUT2D eigenvalue weighted by molar-refractivity contribution is 5.81. The molecule has 1 N–H and O–H groups in total. The van der Waals surface area contributed by atoms with E-state index in [1.54, 1.807) is 4.52 Å². The Labute approximate surface area is 152 Å². The maximum Gasteiger partial charge on any atom is 0.310 e. The number of esters is 1. The average Bonchev–Trinajstić information content (AvgIpc) is 3.07. The molecule has 0 radical (unpaired) electrons. The number of nitrogens with one attached hydrogen (secondary N) is 1. The van der Waals surface area contributed by atoms with Gasteiger partial charge in [-0.25, -0.2) is 9.50 Å². The molecule has 3 rings (SSSR count). The number of amides is 1. The van der Waals surface area contributed by atoms with E-state index in [2.05, 4.69) is 27.3 Å². The first-order chi connectivity index (χ1) is 12.4. The number of carbonyl (C=O) groups is 2. The van der Waals surface area contributed by atoms with Crippen LogP contribution < -0.4 is 5.32 Å². The van der Waals surface area contributed by atoms with Gasteiger partial charge in [0.1, 0.15) is 6.33 Å². The summed E-state index contributed by atoms with van der Waals surface area (Å²) in [7, 11) is 0. The van der Waals surface area contributed by atoms with E-state index in [1.807, 2.05) is 13.8 Å². The van der Waals surface area contributed by atoms with Gasteiger partial charge in [-0.05, 0) is 45.4 Å². The minimum Gasteiger partial charge on any atom is -0.455 e. The van der Waals surface area contributed by atoms with Crippen LogP contribution >= 0.6 is 0 Å². The first-order valence-electron chi connectivity index (χ1n) is 9.05. The monoisotopic (exact) mass is 359 g/mol. The number of aromatic nitrogens is 4. The smallest absolute Gasteiger partial charge is 0.310 e. The number of ether oxygens (including phenoxy) is 1. The molecule has 1 aliphatic rings. The third-order valence-electron chi connectivity index (χ3n) is 5.05. The molecule has 0 bridgehead atoms. The normalized spacial score (nSPS) is 20.1. The number of fused-ring (bicyclic) bond motifs is 1. The van der Waals surface area contributed by atoms with Gasteiger partial charge in [0.2, 0.25) is 0 Å².